The molecule has 32 heavy (non-hydrogen) atoms. The molecular weight excluding hydrogens is 450 g/mol. The van der Waals surface area contributed by atoms with E-state index in [0.717, 1.165) is 11.1 Å². The lowest BCUT2D eigenvalue weighted by molar-refractivity contribution is -0.116. The molecule has 7 nitrogen and oxygen atoms in total. The number of anilines is 1. The Morgan fingerprint density at radius 1 is 1.22 bits per heavy atom. The predicted molar refractivity (Wildman–Crippen MR) is 123 cm³/mol. The van der Waals surface area contributed by atoms with Crippen molar-refractivity contribution in [3.05, 3.63) is 86.1 Å². The van der Waals surface area contributed by atoms with Gasteiger partial charge in [0.1, 0.15) is 12.4 Å². The first-order valence-corrected chi connectivity index (χ1v) is 11.1. The third-order valence-corrected chi connectivity index (χ3v) is 6.37. The number of methoxy groups -OCH3 is 1. The molecule has 9 heteroatoms. The Hall–Kier alpha value is -3.36. The molecule has 2 aromatic carbocycles. The van der Waals surface area contributed by atoms with Crippen LogP contribution in [-0.2, 0) is 11.4 Å². The standard InChI is InChI=1S/C23H18ClN3O4S/c1-30-18-10-14(5-6-17(18)31-12-13-3-2-4-15(24)9-13)16-11-19(28)25-21-20(16)22(29)26-23-27(21)7-8-32-23/h2-10,16H,11-12H2,1H3,(H,25,28). The van der Waals surface area contributed by atoms with Crippen molar-refractivity contribution in [2.45, 2.75) is 18.9 Å². The highest BCUT2D eigenvalue weighted by atomic mass is 35.5. The molecular formula is C23H18ClN3O4S. The lowest BCUT2D eigenvalue weighted by Gasteiger charge is -2.26. The Morgan fingerprint density at radius 2 is 2.09 bits per heavy atom. The van der Waals surface area contributed by atoms with Crippen LogP contribution in [0.5, 0.6) is 11.5 Å². The van der Waals surface area contributed by atoms with E-state index in [1.54, 1.807) is 29.8 Å². The van der Waals surface area contributed by atoms with Crippen LogP contribution in [-0.4, -0.2) is 22.4 Å². The van der Waals surface area contributed by atoms with E-state index >= 15 is 0 Å². The van der Waals surface area contributed by atoms with Crippen LogP contribution in [0.3, 0.4) is 0 Å². The largest absolute Gasteiger partial charge is 0.493 e. The predicted octanol–water partition coefficient (Wildman–Crippen LogP) is 4.47. The molecule has 0 saturated heterocycles. The SMILES string of the molecule is COc1cc(C2CC(=O)Nc3c2c(=O)nc2sccn32)ccc1OCc1cccc(Cl)c1. The second-order valence-electron chi connectivity index (χ2n) is 7.37. The van der Waals surface area contributed by atoms with Crippen molar-refractivity contribution < 1.29 is 14.3 Å². The van der Waals surface area contributed by atoms with Gasteiger partial charge in [0.05, 0.1) is 12.7 Å². The van der Waals surface area contributed by atoms with Crippen LogP contribution < -0.4 is 20.3 Å². The van der Waals surface area contributed by atoms with E-state index < -0.39 is 5.92 Å². The van der Waals surface area contributed by atoms with Gasteiger partial charge in [0.25, 0.3) is 5.56 Å². The zero-order valence-electron chi connectivity index (χ0n) is 17.0. The zero-order valence-corrected chi connectivity index (χ0v) is 18.6. The summed E-state index contributed by atoms with van der Waals surface area (Å²) in [6.07, 6.45) is 1.94. The number of hydrogen-bond acceptors (Lipinski definition) is 6. The second-order valence-corrected chi connectivity index (χ2v) is 8.68. The minimum absolute atomic E-state index is 0.145. The van der Waals surface area contributed by atoms with Gasteiger partial charge in [-0.25, -0.2) is 0 Å². The quantitative estimate of drug-likeness (QED) is 0.468. The van der Waals surface area contributed by atoms with Crippen molar-refractivity contribution in [2.24, 2.45) is 0 Å². The molecule has 1 unspecified atom stereocenters. The van der Waals surface area contributed by atoms with Gasteiger partial charge < -0.3 is 14.8 Å². The van der Waals surface area contributed by atoms with Crippen LogP contribution in [0.25, 0.3) is 4.96 Å². The number of amides is 1. The number of carbonyl (C=O) groups is 1. The normalized spacial score (nSPS) is 15.3. The van der Waals surface area contributed by atoms with E-state index in [-0.39, 0.29) is 17.9 Å². The van der Waals surface area contributed by atoms with E-state index in [0.29, 0.717) is 39.5 Å². The van der Waals surface area contributed by atoms with E-state index in [2.05, 4.69) is 10.3 Å². The van der Waals surface area contributed by atoms with Crippen molar-refractivity contribution in [2.75, 3.05) is 12.4 Å². The average molecular weight is 468 g/mol. The van der Waals surface area contributed by atoms with E-state index in [9.17, 15) is 9.59 Å². The van der Waals surface area contributed by atoms with Crippen molar-refractivity contribution in [1.82, 2.24) is 9.38 Å². The van der Waals surface area contributed by atoms with Gasteiger partial charge in [0.2, 0.25) is 5.91 Å². The maximum Gasteiger partial charge on any atom is 0.279 e. The molecule has 0 radical (unpaired) electrons. The van der Waals surface area contributed by atoms with Gasteiger partial charge in [-0.2, -0.15) is 4.98 Å². The van der Waals surface area contributed by atoms with Gasteiger partial charge >= 0.3 is 0 Å². The maximum atomic E-state index is 12.8. The third kappa shape index (κ3) is 3.72. The van der Waals surface area contributed by atoms with Crippen LogP contribution in [0.15, 0.2) is 58.8 Å². The van der Waals surface area contributed by atoms with Crippen LogP contribution >= 0.6 is 22.9 Å². The number of ether oxygens (including phenoxy) is 2. The van der Waals surface area contributed by atoms with E-state index in [4.69, 9.17) is 21.1 Å². The Kier molecular flexibility index (Phi) is 5.32. The number of rotatable bonds is 5. The number of halogens is 1. The van der Waals surface area contributed by atoms with Gasteiger partial charge in [0.15, 0.2) is 16.5 Å². The summed E-state index contributed by atoms with van der Waals surface area (Å²) in [6.45, 7) is 0.326. The summed E-state index contributed by atoms with van der Waals surface area (Å²) < 4.78 is 13.2. The molecule has 1 N–H and O–H groups in total. The lowest BCUT2D eigenvalue weighted by Crippen LogP contribution is -2.31. The lowest BCUT2D eigenvalue weighted by atomic mass is 9.86. The van der Waals surface area contributed by atoms with Gasteiger partial charge in [-0.1, -0.05) is 29.8 Å². The summed E-state index contributed by atoms with van der Waals surface area (Å²) in [5.41, 5.74) is 1.84. The highest BCUT2D eigenvalue weighted by molar-refractivity contribution is 7.15. The molecule has 5 rings (SSSR count). The second kappa shape index (κ2) is 8.29. The smallest absolute Gasteiger partial charge is 0.279 e. The number of hydrogen-bond donors (Lipinski definition) is 1. The number of nitrogens with zero attached hydrogens (tertiary/aromatic N) is 2. The summed E-state index contributed by atoms with van der Waals surface area (Å²) in [4.78, 5) is 30.0. The van der Waals surface area contributed by atoms with Crippen LogP contribution in [0, 0.1) is 0 Å². The molecule has 1 amide bonds. The van der Waals surface area contributed by atoms with Crippen molar-refractivity contribution in [1.29, 1.82) is 0 Å². The van der Waals surface area contributed by atoms with Gasteiger partial charge in [-0.05, 0) is 35.4 Å². The molecule has 0 spiro atoms. The first-order valence-electron chi connectivity index (χ1n) is 9.88. The molecule has 3 heterocycles. The first-order chi connectivity index (χ1) is 15.5. The molecule has 2 aromatic heterocycles. The summed E-state index contributed by atoms with van der Waals surface area (Å²) in [7, 11) is 1.55. The van der Waals surface area contributed by atoms with E-state index in [1.807, 2.05) is 35.7 Å². The Morgan fingerprint density at radius 3 is 2.91 bits per heavy atom. The number of fused-ring (bicyclic) bond motifs is 3. The fourth-order valence-electron chi connectivity index (χ4n) is 3.91. The number of aromatic nitrogens is 2. The number of nitrogens with one attached hydrogen (secondary N) is 1. The summed E-state index contributed by atoms with van der Waals surface area (Å²) in [5, 5.41) is 5.30. The first kappa shape index (κ1) is 20.5. The maximum absolute atomic E-state index is 12.8. The molecule has 0 saturated carbocycles. The van der Waals surface area contributed by atoms with Crippen molar-refractivity contribution in [3.63, 3.8) is 0 Å². The molecule has 4 aromatic rings. The molecule has 1 aliphatic heterocycles. The van der Waals surface area contributed by atoms with Gasteiger partial charge in [-0.15, -0.1) is 11.3 Å². The highest BCUT2D eigenvalue weighted by Crippen LogP contribution is 2.39. The number of benzene rings is 2. The van der Waals surface area contributed by atoms with Gasteiger partial charge in [0, 0.05) is 28.9 Å². The van der Waals surface area contributed by atoms with Crippen molar-refractivity contribution in [3.8, 4) is 11.5 Å². The summed E-state index contributed by atoms with van der Waals surface area (Å²) >= 11 is 7.38. The van der Waals surface area contributed by atoms with Gasteiger partial charge in [-0.3, -0.25) is 14.0 Å². The number of carbonyl (C=O) groups excluding carboxylic acids is 1. The summed E-state index contributed by atoms with van der Waals surface area (Å²) in [6, 6.07) is 12.9. The number of thiazole rings is 1. The van der Waals surface area contributed by atoms with E-state index in [1.165, 1.54) is 11.3 Å². The van der Waals surface area contributed by atoms with Crippen LogP contribution in [0.2, 0.25) is 5.02 Å². The fraction of sp³-hybridized carbons (Fsp3) is 0.174. The zero-order chi connectivity index (χ0) is 22.2. The summed E-state index contributed by atoms with van der Waals surface area (Å²) in [5.74, 6) is 0.948. The van der Waals surface area contributed by atoms with Crippen LogP contribution in [0.1, 0.15) is 29.0 Å². The Labute approximate surface area is 192 Å². The fourth-order valence-corrected chi connectivity index (χ4v) is 4.82. The highest BCUT2D eigenvalue weighted by Gasteiger charge is 2.32. The van der Waals surface area contributed by atoms with Crippen LogP contribution in [0.4, 0.5) is 5.82 Å². The molecule has 0 bridgehead atoms. The topological polar surface area (TPSA) is 81.9 Å². The average Bonchev–Trinajstić information content (AvgIpc) is 3.25. The molecule has 0 fully saturated rings. The van der Waals surface area contributed by atoms with Crippen molar-refractivity contribution >= 4 is 39.6 Å². The molecule has 162 valence electrons. The molecule has 1 atom stereocenters. The third-order valence-electron chi connectivity index (χ3n) is 5.38. The minimum atomic E-state index is -0.438. The molecule has 0 aliphatic carbocycles. The Bertz CT molecular complexity index is 1400. The monoisotopic (exact) mass is 467 g/mol. The molecule has 1 aliphatic rings. The Balaban J connectivity index is 1.50. The minimum Gasteiger partial charge on any atom is -0.493 e.